The van der Waals surface area contributed by atoms with Gasteiger partial charge in [-0.2, -0.15) is 9.78 Å². The van der Waals surface area contributed by atoms with Crippen LogP contribution in [0.5, 0.6) is 0 Å². The SMILES string of the molecule is CCn1cc(NC(=O)C(C)Cn2nc([N+](=O)[O-])cc2C)c(C(=O)NCc2ccco2)n1. The van der Waals surface area contributed by atoms with Gasteiger partial charge in [-0.25, -0.2) is 0 Å². The van der Waals surface area contributed by atoms with Crippen LogP contribution in [0.15, 0.2) is 35.1 Å². The van der Waals surface area contributed by atoms with Crippen LogP contribution in [0.3, 0.4) is 0 Å². The van der Waals surface area contributed by atoms with Crippen molar-refractivity contribution >= 4 is 23.3 Å². The maximum Gasteiger partial charge on any atom is 0.390 e. The molecule has 0 bridgehead atoms. The fourth-order valence-electron chi connectivity index (χ4n) is 2.87. The van der Waals surface area contributed by atoms with Gasteiger partial charge in [0.05, 0.1) is 47.8 Å². The number of nitro groups is 1. The monoisotopic (exact) mass is 429 g/mol. The van der Waals surface area contributed by atoms with Crippen molar-refractivity contribution in [3.8, 4) is 0 Å². The summed E-state index contributed by atoms with van der Waals surface area (Å²) in [6.07, 6.45) is 3.09. The molecule has 12 nitrogen and oxygen atoms in total. The number of aromatic nitrogens is 4. The van der Waals surface area contributed by atoms with Gasteiger partial charge in [0.15, 0.2) is 5.69 Å². The van der Waals surface area contributed by atoms with E-state index in [1.54, 1.807) is 36.9 Å². The van der Waals surface area contributed by atoms with Crippen LogP contribution >= 0.6 is 0 Å². The van der Waals surface area contributed by atoms with Gasteiger partial charge in [0.2, 0.25) is 5.91 Å². The Bertz CT molecular complexity index is 1080. The molecule has 0 aromatic carbocycles. The molecule has 0 aliphatic rings. The number of anilines is 1. The number of carbonyl (C=O) groups excluding carboxylic acids is 2. The molecule has 31 heavy (non-hydrogen) atoms. The molecule has 1 atom stereocenters. The Kier molecular flexibility index (Phi) is 6.48. The predicted molar refractivity (Wildman–Crippen MR) is 109 cm³/mol. The van der Waals surface area contributed by atoms with Crippen LogP contribution in [-0.4, -0.2) is 36.3 Å². The Balaban J connectivity index is 1.69. The topological polar surface area (TPSA) is 150 Å². The predicted octanol–water partition coefficient (Wildman–Crippen LogP) is 2.11. The highest BCUT2D eigenvalue weighted by atomic mass is 16.6. The van der Waals surface area contributed by atoms with Crippen molar-refractivity contribution in [2.45, 2.75) is 40.4 Å². The molecule has 164 valence electrons. The van der Waals surface area contributed by atoms with Gasteiger partial charge in [-0.1, -0.05) is 6.92 Å². The minimum atomic E-state index is -0.582. The summed E-state index contributed by atoms with van der Waals surface area (Å²) >= 11 is 0. The van der Waals surface area contributed by atoms with Gasteiger partial charge >= 0.3 is 5.82 Å². The Morgan fingerprint density at radius 3 is 2.74 bits per heavy atom. The molecule has 0 saturated carbocycles. The number of hydrogen-bond donors (Lipinski definition) is 2. The van der Waals surface area contributed by atoms with Gasteiger partial charge in [-0.15, -0.1) is 0 Å². The summed E-state index contributed by atoms with van der Waals surface area (Å²) in [7, 11) is 0. The van der Waals surface area contributed by atoms with Crippen LogP contribution < -0.4 is 10.6 Å². The highest BCUT2D eigenvalue weighted by Crippen LogP contribution is 2.17. The van der Waals surface area contributed by atoms with E-state index in [0.29, 0.717) is 18.0 Å². The van der Waals surface area contributed by atoms with E-state index in [1.807, 2.05) is 6.92 Å². The summed E-state index contributed by atoms with van der Waals surface area (Å²) in [6.45, 7) is 6.05. The number of nitrogens with zero attached hydrogens (tertiary/aromatic N) is 5. The van der Waals surface area contributed by atoms with E-state index in [2.05, 4.69) is 20.8 Å². The highest BCUT2D eigenvalue weighted by molar-refractivity contribution is 6.02. The van der Waals surface area contributed by atoms with Gasteiger partial charge in [0.25, 0.3) is 5.91 Å². The molecule has 3 heterocycles. The van der Waals surface area contributed by atoms with E-state index in [4.69, 9.17) is 4.42 Å². The third kappa shape index (κ3) is 5.15. The zero-order valence-corrected chi connectivity index (χ0v) is 17.4. The third-order valence-electron chi connectivity index (χ3n) is 4.61. The first-order chi connectivity index (χ1) is 14.8. The smallest absolute Gasteiger partial charge is 0.390 e. The lowest BCUT2D eigenvalue weighted by molar-refractivity contribution is -0.389. The Labute approximate surface area is 177 Å². The summed E-state index contributed by atoms with van der Waals surface area (Å²) < 4.78 is 8.15. The molecule has 0 aliphatic carbocycles. The second-order valence-electron chi connectivity index (χ2n) is 6.98. The lowest BCUT2D eigenvalue weighted by Gasteiger charge is -2.11. The van der Waals surface area contributed by atoms with E-state index in [1.165, 1.54) is 17.0 Å². The molecule has 0 saturated heterocycles. The van der Waals surface area contributed by atoms with Crippen molar-refractivity contribution < 1.29 is 18.9 Å². The lowest BCUT2D eigenvalue weighted by Crippen LogP contribution is -2.28. The molecular formula is C19H23N7O5. The summed E-state index contributed by atoms with van der Waals surface area (Å²) in [5.41, 5.74) is 0.932. The van der Waals surface area contributed by atoms with Crippen molar-refractivity contribution in [1.29, 1.82) is 0 Å². The van der Waals surface area contributed by atoms with Gasteiger partial charge in [-0.05, 0) is 30.9 Å². The van der Waals surface area contributed by atoms with Gasteiger partial charge in [0, 0.05) is 12.7 Å². The first-order valence-electron chi connectivity index (χ1n) is 9.66. The maximum atomic E-state index is 12.7. The number of aryl methyl sites for hydroxylation is 2. The van der Waals surface area contributed by atoms with E-state index >= 15 is 0 Å². The largest absolute Gasteiger partial charge is 0.467 e. The molecule has 1 unspecified atom stereocenters. The molecule has 3 aromatic rings. The van der Waals surface area contributed by atoms with E-state index in [-0.39, 0.29) is 36.2 Å². The summed E-state index contributed by atoms with van der Waals surface area (Å²) in [4.78, 5) is 35.6. The molecule has 12 heteroatoms. The zero-order chi connectivity index (χ0) is 22.5. The average Bonchev–Trinajstić information content (AvgIpc) is 3.47. The fraction of sp³-hybridized carbons (Fsp3) is 0.368. The van der Waals surface area contributed by atoms with Crippen LogP contribution in [0.1, 0.15) is 35.8 Å². The first kappa shape index (κ1) is 21.7. The maximum absolute atomic E-state index is 12.7. The van der Waals surface area contributed by atoms with Crippen LogP contribution in [0.25, 0.3) is 0 Å². The molecule has 2 amide bonds. The lowest BCUT2D eigenvalue weighted by atomic mass is 10.1. The number of carbonyl (C=O) groups is 2. The van der Waals surface area contributed by atoms with Crippen LogP contribution in [-0.2, 0) is 24.4 Å². The number of nitrogens with one attached hydrogen (secondary N) is 2. The van der Waals surface area contributed by atoms with Crippen LogP contribution in [0.4, 0.5) is 11.5 Å². The number of rotatable bonds is 9. The molecule has 0 radical (unpaired) electrons. The Morgan fingerprint density at radius 2 is 2.13 bits per heavy atom. The molecule has 2 N–H and O–H groups in total. The summed E-state index contributed by atoms with van der Waals surface area (Å²) in [6, 6.07) is 4.80. The standard InChI is InChI=1S/C19H23N7O5/c1-4-24-11-15(17(23-24)19(28)20-9-14-6-5-7-31-14)21-18(27)12(2)10-25-13(3)8-16(22-25)26(29)30/h5-8,11-12H,4,9-10H2,1-3H3,(H,20,28)(H,21,27). The second kappa shape index (κ2) is 9.24. The van der Waals surface area contributed by atoms with Gasteiger partial charge in [0.1, 0.15) is 5.76 Å². The quantitative estimate of drug-likeness (QED) is 0.390. The van der Waals surface area contributed by atoms with E-state index < -0.39 is 16.7 Å². The number of furan rings is 1. The summed E-state index contributed by atoms with van der Waals surface area (Å²) in [5, 5.41) is 24.4. The first-order valence-corrected chi connectivity index (χ1v) is 9.66. The average molecular weight is 429 g/mol. The minimum Gasteiger partial charge on any atom is -0.467 e. The Morgan fingerprint density at radius 1 is 1.35 bits per heavy atom. The van der Waals surface area contributed by atoms with Crippen LogP contribution in [0.2, 0.25) is 0 Å². The van der Waals surface area contributed by atoms with Gasteiger partial charge in [-0.3, -0.25) is 14.3 Å². The summed E-state index contributed by atoms with van der Waals surface area (Å²) in [5.74, 6) is -1.07. The number of amides is 2. The van der Waals surface area contributed by atoms with Crippen molar-refractivity contribution in [3.63, 3.8) is 0 Å². The third-order valence-corrected chi connectivity index (χ3v) is 4.61. The minimum absolute atomic E-state index is 0.0832. The highest BCUT2D eigenvalue weighted by Gasteiger charge is 2.24. The van der Waals surface area contributed by atoms with E-state index in [0.717, 1.165) is 0 Å². The normalized spacial score (nSPS) is 11.8. The van der Waals surface area contributed by atoms with Crippen molar-refractivity contribution in [2.75, 3.05) is 5.32 Å². The molecule has 3 rings (SSSR count). The van der Waals surface area contributed by atoms with Crippen molar-refractivity contribution in [1.82, 2.24) is 24.9 Å². The fourth-order valence-corrected chi connectivity index (χ4v) is 2.87. The van der Waals surface area contributed by atoms with Gasteiger partial charge < -0.3 is 25.2 Å². The van der Waals surface area contributed by atoms with Crippen LogP contribution in [0, 0.1) is 23.0 Å². The zero-order valence-electron chi connectivity index (χ0n) is 17.4. The van der Waals surface area contributed by atoms with Crippen molar-refractivity contribution in [2.24, 2.45) is 5.92 Å². The molecule has 0 fully saturated rings. The van der Waals surface area contributed by atoms with Crippen molar-refractivity contribution in [3.05, 3.63) is 57.9 Å². The number of hydrogen-bond acceptors (Lipinski definition) is 7. The molecular weight excluding hydrogens is 406 g/mol. The Hall–Kier alpha value is -3.96. The van der Waals surface area contributed by atoms with E-state index in [9.17, 15) is 19.7 Å². The second-order valence-corrected chi connectivity index (χ2v) is 6.98. The molecule has 0 aliphatic heterocycles. The molecule has 0 spiro atoms. The molecule has 3 aromatic heterocycles.